The number of benzene rings is 1. The van der Waals surface area contributed by atoms with Gasteiger partial charge in [0.1, 0.15) is 5.82 Å². The van der Waals surface area contributed by atoms with Gasteiger partial charge < -0.3 is 10.4 Å². The van der Waals surface area contributed by atoms with Crippen molar-refractivity contribution in [1.82, 2.24) is 9.62 Å². The van der Waals surface area contributed by atoms with Gasteiger partial charge in [-0.15, -0.1) is 0 Å². The average molecular weight is 456 g/mol. The molecule has 1 fully saturated rings. The molecule has 3 N–H and O–H groups in total. The van der Waals surface area contributed by atoms with Gasteiger partial charge >= 0.3 is 12.1 Å². The Kier molecular flexibility index (Phi) is 7.36. The Labute approximate surface area is 182 Å². The summed E-state index contributed by atoms with van der Waals surface area (Å²) >= 11 is 0. The third kappa shape index (κ3) is 5.96. The number of carboxylic acid groups (broad SMARTS) is 1. The Morgan fingerprint density at radius 3 is 2.23 bits per heavy atom. The lowest BCUT2D eigenvalue weighted by molar-refractivity contribution is 0.126. The molecule has 0 aromatic heterocycles. The standard InChI is InChI=1S/C21H30FN3O5S/c1-13(2)16-11-15(22)12-17(14(3)4)18(16)23-19(26)24-31(29,30)10-8-21(5)7-6-9-25(21)20(27)28/h8,10-14H,6-7,9H2,1-5H3,(H,27,28)(H2,23,24,26)/b10-8+/t21-/m0/s1. The molecular formula is C21H30FN3O5S. The van der Waals surface area contributed by atoms with Gasteiger partial charge in [0.15, 0.2) is 0 Å². The minimum absolute atomic E-state index is 0.107. The minimum atomic E-state index is -4.19. The van der Waals surface area contributed by atoms with Gasteiger partial charge in [0.05, 0.1) is 5.54 Å². The number of nitrogens with one attached hydrogen (secondary N) is 2. The number of amides is 3. The lowest BCUT2D eigenvalue weighted by atomic mass is 9.92. The van der Waals surface area contributed by atoms with Crippen LogP contribution in [0, 0.1) is 5.82 Å². The van der Waals surface area contributed by atoms with Gasteiger partial charge in [-0.3, -0.25) is 4.90 Å². The molecule has 3 amide bonds. The van der Waals surface area contributed by atoms with E-state index in [1.54, 1.807) is 6.92 Å². The molecule has 1 heterocycles. The summed E-state index contributed by atoms with van der Waals surface area (Å²) in [5.74, 6) is -0.643. The Balaban J connectivity index is 2.23. The molecule has 0 bridgehead atoms. The Hall–Kier alpha value is -2.62. The number of hydrogen-bond donors (Lipinski definition) is 3. The number of urea groups is 1. The van der Waals surface area contributed by atoms with Crippen LogP contribution in [0.4, 0.5) is 19.7 Å². The molecule has 0 saturated carbocycles. The first kappa shape index (κ1) is 24.6. The predicted octanol–water partition coefficient (Wildman–Crippen LogP) is 4.57. The van der Waals surface area contributed by atoms with Crippen LogP contribution in [0.1, 0.15) is 70.4 Å². The quantitative estimate of drug-likeness (QED) is 0.581. The first-order chi connectivity index (χ1) is 14.3. The maximum atomic E-state index is 14.0. The van der Waals surface area contributed by atoms with Crippen molar-refractivity contribution in [1.29, 1.82) is 0 Å². The van der Waals surface area contributed by atoms with Gasteiger partial charge in [-0.05, 0) is 60.9 Å². The fourth-order valence-corrected chi connectivity index (χ4v) is 4.57. The van der Waals surface area contributed by atoms with Crippen LogP contribution in [0.5, 0.6) is 0 Å². The van der Waals surface area contributed by atoms with Crippen molar-refractivity contribution in [2.24, 2.45) is 0 Å². The van der Waals surface area contributed by atoms with Crippen LogP contribution in [0.25, 0.3) is 0 Å². The third-order valence-electron chi connectivity index (χ3n) is 5.40. The first-order valence-corrected chi connectivity index (χ1v) is 11.7. The zero-order chi connectivity index (χ0) is 23.6. The van der Waals surface area contributed by atoms with E-state index in [0.29, 0.717) is 36.2 Å². The summed E-state index contributed by atoms with van der Waals surface area (Å²) in [7, 11) is -4.19. The van der Waals surface area contributed by atoms with Crippen molar-refractivity contribution in [2.45, 2.75) is 64.8 Å². The molecule has 1 aliphatic rings. The monoisotopic (exact) mass is 455 g/mol. The SMILES string of the molecule is CC(C)c1cc(F)cc(C(C)C)c1NC(=O)NS(=O)(=O)/C=C/[C@]1(C)CCCN1C(=O)O. The molecule has 0 spiro atoms. The number of carbonyl (C=O) groups is 2. The summed E-state index contributed by atoms with van der Waals surface area (Å²) in [5, 5.41) is 12.7. The van der Waals surface area contributed by atoms with Crippen molar-refractivity contribution in [3.05, 3.63) is 40.6 Å². The van der Waals surface area contributed by atoms with Crippen molar-refractivity contribution < 1.29 is 27.5 Å². The van der Waals surface area contributed by atoms with Crippen molar-refractivity contribution in [3.63, 3.8) is 0 Å². The maximum absolute atomic E-state index is 14.0. The lowest BCUT2D eigenvalue weighted by Gasteiger charge is -2.29. The second-order valence-electron chi connectivity index (χ2n) is 8.57. The highest BCUT2D eigenvalue weighted by molar-refractivity contribution is 7.92. The van der Waals surface area contributed by atoms with E-state index in [1.165, 1.54) is 23.1 Å². The lowest BCUT2D eigenvalue weighted by Crippen LogP contribution is -2.43. The molecule has 172 valence electrons. The number of rotatable bonds is 6. The topological polar surface area (TPSA) is 116 Å². The summed E-state index contributed by atoms with van der Waals surface area (Å²) in [4.78, 5) is 25.0. The smallest absolute Gasteiger partial charge is 0.407 e. The van der Waals surface area contributed by atoms with Crippen molar-refractivity contribution in [2.75, 3.05) is 11.9 Å². The van der Waals surface area contributed by atoms with Crippen molar-refractivity contribution >= 4 is 27.8 Å². The highest BCUT2D eigenvalue weighted by atomic mass is 32.2. The second-order valence-corrected chi connectivity index (χ2v) is 10.1. The van der Waals surface area contributed by atoms with Crippen LogP contribution in [0.15, 0.2) is 23.6 Å². The molecule has 1 atom stereocenters. The van der Waals surface area contributed by atoms with Crippen molar-refractivity contribution in [3.8, 4) is 0 Å². The Bertz CT molecular complexity index is 962. The van der Waals surface area contributed by atoms with Crippen LogP contribution in [0.3, 0.4) is 0 Å². The fourth-order valence-electron chi connectivity index (χ4n) is 3.72. The van der Waals surface area contributed by atoms with E-state index in [0.717, 1.165) is 5.41 Å². The summed E-state index contributed by atoms with van der Waals surface area (Å²) in [6.45, 7) is 9.32. The zero-order valence-electron chi connectivity index (χ0n) is 18.4. The summed E-state index contributed by atoms with van der Waals surface area (Å²) < 4.78 is 40.8. The predicted molar refractivity (Wildman–Crippen MR) is 117 cm³/mol. The second kappa shape index (κ2) is 9.25. The Morgan fingerprint density at radius 2 is 1.74 bits per heavy atom. The molecule has 1 saturated heterocycles. The molecule has 8 nitrogen and oxygen atoms in total. The van der Waals surface area contributed by atoms with Crippen LogP contribution in [-0.2, 0) is 10.0 Å². The van der Waals surface area contributed by atoms with Gasteiger partial charge in [-0.1, -0.05) is 27.7 Å². The fraction of sp³-hybridized carbons (Fsp3) is 0.524. The van der Waals surface area contributed by atoms with E-state index in [4.69, 9.17) is 0 Å². The maximum Gasteiger partial charge on any atom is 0.407 e. The van der Waals surface area contributed by atoms with Gasteiger partial charge in [0.25, 0.3) is 10.0 Å². The molecule has 1 aromatic rings. The normalized spacial score (nSPS) is 19.4. The van der Waals surface area contributed by atoms with E-state index in [-0.39, 0.29) is 11.8 Å². The van der Waals surface area contributed by atoms with E-state index >= 15 is 0 Å². The number of anilines is 1. The number of likely N-dealkylation sites (tertiary alicyclic amines) is 1. The summed E-state index contributed by atoms with van der Waals surface area (Å²) in [6.07, 6.45) is 1.23. The van der Waals surface area contributed by atoms with Gasteiger partial charge in [-0.25, -0.2) is 27.1 Å². The number of carbonyl (C=O) groups excluding carboxylic acids is 1. The van der Waals surface area contributed by atoms with Crippen LogP contribution in [0.2, 0.25) is 0 Å². The molecule has 1 aromatic carbocycles. The molecule has 10 heteroatoms. The minimum Gasteiger partial charge on any atom is -0.465 e. The number of halogens is 1. The average Bonchev–Trinajstić information content (AvgIpc) is 3.03. The van der Waals surface area contributed by atoms with Gasteiger partial charge in [0.2, 0.25) is 0 Å². The molecule has 0 radical (unpaired) electrons. The zero-order valence-corrected chi connectivity index (χ0v) is 19.2. The van der Waals surface area contributed by atoms with Crippen LogP contribution in [-0.4, -0.2) is 42.6 Å². The largest absolute Gasteiger partial charge is 0.465 e. The van der Waals surface area contributed by atoms with Gasteiger partial charge in [0, 0.05) is 17.6 Å². The molecule has 2 rings (SSSR count). The summed E-state index contributed by atoms with van der Waals surface area (Å²) in [6, 6.07) is 1.66. The Morgan fingerprint density at radius 1 is 1.19 bits per heavy atom. The van der Waals surface area contributed by atoms with Gasteiger partial charge in [-0.2, -0.15) is 0 Å². The molecule has 0 aliphatic carbocycles. The van der Waals surface area contributed by atoms with E-state index in [2.05, 4.69) is 5.32 Å². The van der Waals surface area contributed by atoms with E-state index in [1.807, 2.05) is 32.4 Å². The van der Waals surface area contributed by atoms with E-state index in [9.17, 15) is 27.5 Å². The number of nitrogens with zero attached hydrogens (tertiary/aromatic N) is 1. The molecule has 31 heavy (non-hydrogen) atoms. The summed E-state index contributed by atoms with van der Waals surface area (Å²) in [5.41, 5.74) is 0.525. The molecule has 1 aliphatic heterocycles. The molecular weight excluding hydrogens is 425 g/mol. The van der Waals surface area contributed by atoms with E-state index < -0.39 is 33.5 Å². The number of hydrogen-bond acceptors (Lipinski definition) is 4. The first-order valence-electron chi connectivity index (χ1n) is 10.1. The number of sulfonamides is 1. The van der Waals surface area contributed by atoms with Crippen LogP contribution < -0.4 is 10.0 Å². The highest BCUT2D eigenvalue weighted by Crippen LogP contribution is 2.34. The third-order valence-corrected chi connectivity index (χ3v) is 6.36. The highest BCUT2D eigenvalue weighted by Gasteiger charge is 2.38. The molecule has 0 unspecified atom stereocenters. The van der Waals surface area contributed by atoms with Crippen LogP contribution >= 0.6 is 0 Å².